The van der Waals surface area contributed by atoms with Crippen molar-refractivity contribution in [3.05, 3.63) is 28.8 Å². The number of rotatable bonds is 7. The van der Waals surface area contributed by atoms with Crippen LogP contribution in [0.5, 0.6) is 0 Å². The summed E-state index contributed by atoms with van der Waals surface area (Å²) in [5.74, 6) is -1.63. The molecule has 1 aromatic rings. The maximum atomic E-state index is 11.0. The number of methoxy groups -OCH3 is 1. The number of aliphatic carboxylic acids is 1. The third-order valence-corrected chi connectivity index (χ3v) is 2.80. The number of nitrogens with one attached hydrogen (secondary N) is 1. The van der Waals surface area contributed by atoms with E-state index in [0.717, 1.165) is 0 Å². The van der Waals surface area contributed by atoms with Crippen molar-refractivity contribution < 1.29 is 19.4 Å². The Morgan fingerprint density at radius 2 is 2.21 bits per heavy atom. The van der Waals surface area contributed by atoms with E-state index in [1.54, 1.807) is 6.07 Å². The third kappa shape index (κ3) is 4.42. The first kappa shape index (κ1) is 15.3. The van der Waals surface area contributed by atoms with Crippen LogP contribution >= 0.6 is 11.6 Å². The summed E-state index contributed by atoms with van der Waals surface area (Å²) >= 11 is 5.88. The second-order valence-corrected chi connectivity index (χ2v) is 4.28. The Bertz CT molecular complexity index is 479. The Balaban J connectivity index is 2.82. The monoisotopic (exact) mass is 286 g/mol. The number of anilines is 1. The maximum Gasteiger partial charge on any atom is 0.326 e. The van der Waals surface area contributed by atoms with Gasteiger partial charge in [0.15, 0.2) is 0 Å². The molecule has 0 aliphatic carbocycles. The van der Waals surface area contributed by atoms with Crippen LogP contribution in [0.3, 0.4) is 0 Å². The standard InChI is InChI=1S/C12H15ClN2O4/c1-19-5-4-10(12(17)18)15-7-2-3-8(11(14)16)9(13)6-7/h2-3,6,10,15H,4-5H2,1H3,(H2,14,16)(H,17,18). The topological polar surface area (TPSA) is 102 Å². The molecule has 0 saturated heterocycles. The second kappa shape index (κ2) is 6.96. The van der Waals surface area contributed by atoms with Gasteiger partial charge in [0.05, 0.1) is 10.6 Å². The Labute approximate surface area is 115 Å². The maximum absolute atomic E-state index is 11.0. The minimum atomic E-state index is -0.993. The van der Waals surface area contributed by atoms with Gasteiger partial charge in [0.1, 0.15) is 6.04 Å². The number of carboxylic acids is 1. The molecule has 0 aliphatic heterocycles. The van der Waals surface area contributed by atoms with Crippen LogP contribution in [-0.4, -0.2) is 36.7 Å². The Kier molecular flexibility index (Phi) is 5.59. The van der Waals surface area contributed by atoms with Gasteiger partial charge in [-0.15, -0.1) is 0 Å². The van der Waals surface area contributed by atoms with Gasteiger partial charge in [-0.05, 0) is 18.2 Å². The summed E-state index contributed by atoms with van der Waals surface area (Å²) in [6, 6.07) is 3.66. The molecule has 0 spiro atoms. The summed E-state index contributed by atoms with van der Waals surface area (Å²) in [4.78, 5) is 22.1. The van der Waals surface area contributed by atoms with Crippen LogP contribution in [0.25, 0.3) is 0 Å². The van der Waals surface area contributed by atoms with Crippen molar-refractivity contribution in [2.75, 3.05) is 19.0 Å². The Hall–Kier alpha value is -1.79. The van der Waals surface area contributed by atoms with Crippen LogP contribution in [0.2, 0.25) is 5.02 Å². The summed E-state index contributed by atoms with van der Waals surface area (Å²) in [5.41, 5.74) is 5.81. The van der Waals surface area contributed by atoms with Crippen LogP contribution < -0.4 is 11.1 Å². The Morgan fingerprint density at radius 3 is 2.68 bits per heavy atom. The van der Waals surface area contributed by atoms with Crippen LogP contribution in [0.1, 0.15) is 16.8 Å². The molecule has 104 valence electrons. The van der Waals surface area contributed by atoms with Crippen molar-refractivity contribution in [3.63, 3.8) is 0 Å². The molecule has 1 unspecified atom stereocenters. The lowest BCUT2D eigenvalue weighted by molar-refractivity contribution is -0.138. The second-order valence-electron chi connectivity index (χ2n) is 3.88. The molecule has 1 atom stereocenters. The van der Waals surface area contributed by atoms with Crippen LogP contribution in [0.15, 0.2) is 18.2 Å². The summed E-state index contributed by atoms with van der Waals surface area (Å²) in [5, 5.41) is 12.0. The molecule has 0 aliphatic rings. The summed E-state index contributed by atoms with van der Waals surface area (Å²) in [6.45, 7) is 0.317. The van der Waals surface area contributed by atoms with Crippen molar-refractivity contribution in [1.29, 1.82) is 0 Å². The van der Waals surface area contributed by atoms with E-state index in [0.29, 0.717) is 18.7 Å². The fourth-order valence-corrected chi connectivity index (χ4v) is 1.77. The minimum Gasteiger partial charge on any atom is -0.480 e. The average Bonchev–Trinajstić information content (AvgIpc) is 2.33. The first-order valence-electron chi connectivity index (χ1n) is 5.53. The highest BCUT2D eigenvalue weighted by molar-refractivity contribution is 6.34. The molecule has 4 N–H and O–H groups in total. The smallest absolute Gasteiger partial charge is 0.326 e. The van der Waals surface area contributed by atoms with Gasteiger partial charge in [0.25, 0.3) is 0 Å². The molecule has 1 rings (SSSR count). The molecule has 6 nitrogen and oxygen atoms in total. The number of carboxylic acid groups (broad SMARTS) is 1. The molecule has 0 bridgehead atoms. The number of halogens is 1. The quantitative estimate of drug-likeness (QED) is 0.702. The van der Waals surface area contributed by atoms with E-state index >= 15 is 0 Å². The van der Waals surface area contributed by atoms with Gasteiger partial charge in [-0.25, -0.2) is 4.79 Å². The average molecular weight is 287 g/mol. The number of carbonyl (C=O) groups is 2. The molecule has 0 fully saturated rings. The third-order valence-electron chi connectivity index (χ3n) is 2.48. The fourth-order valence-electron chi connectivity index (χ4n) is 1.50. The molecular formula is C12H15ClN2O4. The highest BCUT2D eigenvalue weighted by Gasteiger charge is 2.17. The first-order valence-corrected chi connectivity index (χ1v) is 5.91. The van der Waals surface area contributed by atoms with Gasteiger partial charge in [-0.2, -0.15) is 0 Å². The molecule has 0 saturated carbocycles. The van der Waals surface area contributed by atoms with Crippen LogP contribution in [-0.2, 0) is 9.53 Å². The van der Waals surface area contributed by atoms with Gasteiger partial charge in [0, 0.05) is 25.8 Å². The number of amides is 1. The molecule has 19 heavy (non-hydrogen) atoms. The lowest BCUT2D eigenvalue weighted by Gasteiger charge is -2.16. The molecule has 0 radical (unpaired) electrons. The summed E-state index contributed by atoms with van der Waals surface area (Å²) < 4.78 is 4.84. The number of carbonyl (C=O) groups excluding carboxylic acids is 1. The zero-order valence-corrected chi connectivity index (χ0v) is 11.1. The lowest BCUT2D eigenvalue weighted by atomic mass is 10.1. The largest absolute Gasteiger partial charge is 0.480 e. The SMILES string of the molecule is COCCC(Nc1ccc(C(N)=O)c(Cl)c1)C(=O)O. The van der Waals surface area contributed by atoms with Gasteiger partial charge in [0.2, 0.25) is 5.91 Å². The van der Waals surface area contributed by atoms with Crippen molar-refractivity contribution in [2.24, 2.45) is 5.73 Å². The molecular weight excluding hydrogens is 272 g/mol. The molecule has 1 amide bonds. The number of ether oxygens (including phenoxy) is 1. The van der Waals surface area contributed by atoms with Gasteiger partial charge in [-0.3, -0.25) is 4.79 Å². The molecule has 7 heteroatoms. The van der Waals surface area contributed by atoms with Crippen molar-refractivity contribution in [1.82, 2.24) is 0 Å². The number of benzene rings is 1. The van der Waals surface area contributed by atoms with Crippen molar-refractivity contribution in [2.45, 2.75) is 12.5 Å². The van der Waals surface area contributed by atoms with Crippen LogP contribution in [0, 0.1) is 0 Å². The zero-order chi connectivity index (χ0) is 14.4. The normalized spacial score (nSPS) is 11.9. The zero-order valence-electron chi connectivity index (χ0n) is 10.4. The molecule has 0 aromatic heterocycles. The van der Waals surface area contributed by atoms with Crippen LogP contribution in [0.4, 0.5) is 5.69 Å². The fraction of sp³-hybridized carbons (Fsp3) is 0.333. The number of hydrogen-bond acceptors (Lipinski definition) is 4. The predicted molar refractivity (Wildman–Crippen MR) is 71.5 cm³/mol. The summed E-state index contributed by atoms with van der Waals surface area (Å²) in [6.07, 6.45) is 0.307. The predicted octanol–water partition coefficient (Wildman–Crippen LogP) is 1.34. The van der Waals surface area contributed by atoms with E-state index in [4.69, 9.17) is 27.2 Å². The van der Waals surface area contributed by atoms with E-state index in [2.05, 4.69) is 5.32 Å². The molecule has 0 heterocycles. The number of hydrogen-bond donors (Lipinski definition) is 3. The van der Waals surface area contributed by atoms with Gasteiger partial charge >= 0.3 is 5.97 Å². The van der Waals surface area contributed by atoms with Crippen molar-refractivity contribution in [3.8, 4) is 0 Å². The van der Waals surface area contributed by atoms with E-state index in [1.165, 1.54) is 19.2 Å². The van der Waals surface area contributed by atoms with E-state index in [1.807, 2.05) is 0 Å². The van der Waals surface area contributed by atoms with Gasteiger partial charge < -0.3 is 20.9 Å². The minimum absolute atomic E-state index is 0.174. The number of primary amides is 1. The van der Waals surface area contributed by atoms with E-state index in [9.17, 15) is 9.59 Å². The van der Waals surface area contributed by atoms with Crippen molar-refractivity contribution >= 4 is 29.2 Å². The molecule has 1 aromatic carbocycles. The Morgan fingerprint density at radius 1 is 1.53 bits per heavy atom. The summed E-state index contributed by atoms with van der Waals surface area (Å²) in [7, 11) is 1.50. The number of nitrogens with two attached hydrogens (primary N) is 1. The lowest BCUT2D eigenvalue weighted by Crippen LogP contribution is -2.30. The van der Waals surface area contributed by atoms with E-state index < -0.39 is 17.9 Å². The van der Waals surface area contributed by atoms with Gasteiger partial charge in [-0.1, -0.05) is 11.6 Å². The highest BCUT2D eigenvalue weighted by atomic mass is 35.5. The highest BCUT2D eigenvalue weighted by Crippen LogP contribution is 2.21. The van der Waals surface area contributed by atoms with E-state index in [-0.39, 0.29) is 10.6 Å². The first-order chi connectivity index (χ1) is 8.95.